The third-order valence-electron chi connectivity index (χ3n) is 7.36. The number of benzene rings is 2. The van der Waals surface area contributed by atoms with E-state index in [4.69, 9.17) is 9.47 Å². The molecule has 1 saturated carbocycles. The monoisotopic (exact) mass is 530 g/mol. The van der Waals surface area contributed by atoms with E-state index in [-0.39, 0.29) is 32.1 Å². The fourth-order valence-corrected chi connectivity index (χ4v) is 5.09. The minimum absolute atomic E-state index is 0. The van der Waals surface area contributed by atoms with Crippen molar-refractivity contribution in [1.82, 2.24) is 0 Å². The van der Waals surface area contributed by atoms with Gasteiger partial charge in [-0.15, -0.1) is 0 Å². The molecule has 0 unspecified atom stereocenters. The Hall–Kier alpha value is -2.88. The molecule has 202 valence electrons. The van der Waals surface area contributed by atoms with E-state index in [2.05, 4.69) is 0 Å². The lowest BCUT2D eigenvalue weighted by Gasteiger charge is -2.43. The second kappa shape index (κ2) is 10.1. The van der Waals surface area contributed by atoms with Crippen LogP contribution in [-0.4, -0.2) is 18.5 Å². The molecule has 10 heteroatoms. The zero-order valence-electron chi connectivity index (χ0n) is 19.3. The highest BCUT2D eigenvalue weighted by Gasteiger charge is 2.54. The van der Waals surface area contributed by atoms with Gasteiger partial charge in [-0.25, -0.2) is 0 Å². The lowest BCUT2D eigenvalue weighted by Crippen LogP contribution is -2.42. The van der Waals surface area contributed by atoms with Crippen LogP contribution < -0.4 is 0 Å². The lowest BCUT2D eigenvalue weighted by molar-refractivity contribution is -0.156. The Bertz CT molecular complexity index is 1100. The standard InChI is InChI=1S/C26H24F6O4.CH4/c1-16(17-11-19(25(27,28)29)13-20(12-17)26(30,31)32)35-15-24(18-5-3-2-4-6-18)9-7-23(8-10-24)14-21(33)36-22(23)34;/h2-6,11-13,16H,7-10,14-15H2,1H3;1H4/t16-,23?,24?;/m1./s1. The van der Waals surface area contributed by atoms with Crippen LogP contribution in [0.5, 0.6) is 0 Å². The highest BCUT2D eigenvalue weighted by molar-refractivity contribution is 5.97. The predicted molar refractivity (Wildman–Crippen MR) is 122 cm³/mol. The highest BCUT2D eigenvalue weighted by Crippen LogP contribution is 2.52. The third kappa shape index (κ3) is 5.84. The molecule has 37 heavy (non-hydrogen) atoms. The number of cyclic esters (lactones) is 2. The summed E-state index contributed by atoms with van der Waals surface area (Å²) < 4.78 is 90.5. The summed E-state index contributed by atoms with van der Waals surface area (Å²) in [6, 6.07) is 10.6. The van der Waals surface area contributed by atoms with E-state index in [1.807, 2.05) is 30.3 Å². The van der Waals surface area contributed by atoms with Gasteiger partial charge in [-0.1, -0.05) is 37.8 Å². The van der Waals surface area contributed by atoms with Gasteiger partial charge in [0.2, 0.25) is 0 Å². The maximum absolute atomic E-state index is 13.3. The van der Waals surface area contributed by atoms with E-state index < -0.39 is 52.4 Å². The molecule has 2 aromatic rings. The van der Waals surface area contributed by atoms with Crippen molar-refractivity contribution >= 4 is 11.9 Å². The molecule has 0 radical (unpaired) electrons. The van der Waals surface area contributed by atoms with Crippen LogP contribution in [0.3, 0.4) is 0 Å². The van der Waals surface area contributed by atoms with Crippen LogP contribution in [0.25, 0.3) is 0 Å². The minimum atomic E-state index is -4.95. The predicted octanol–water partition coefficient (Wildman–Crippen LogP) is 7.41. The SMILES string of the molecule is C.C[C@@H](OCC1(c2ccccc2)CCC2(CC1)CC(=O)OC2=O)c1cc(C(F)(F)F)cc(C(F)(F)F)c1. The minimum Gasteiger partial charge on any atom is -0.393 e. The van der Waals surface area contributed by atoms with Gasteiger partial charge >= 0.3 is 24.3 Å². The van der Waals surface area contributed by atoms with Gasteiger partial charge in [-0.3, -0.25) is 9.59 Å². The largest absolute Gasteiger partial charge is 0.416 e. The van der Waals surface area contributed by atoms with Crippen molar-refractivity contribution in [3.8, 4) is 0 Å². The molecule has 1 spiro atoms. The van der Waals surface area contributed by atoms with Crippen LogP contribution in [0, 0.1) is 5.41 Å². The summed E-state index contributed by atoms with van der Waals surface area (Å²) in [5, 5.41) is 0. The van der Waals surface area contributed by atoms with Gasteiger partial charge in [-0.2, -0.15) is 26.3 Å². The molecule has 1 heterocycles. The molecule has 1 atom stereocenters. The molecule has 4 nitrogen and oxygen atoms in total. The van der Waals surface area contributed by atoms with Gasteiger partial charge in [0.05, 0.1) is 35.7 Å². The van der Waals surface area contributed by atoms with Crippen molar-refractivity contribution in [1.29, 1.82) is 0 Å². The summed E-state index contributed by atoms with van der Waals surface area (Å²) in [5.74, 6) is -1.12. The first-order valence-electron chi connectivity index (χ1n) is 11.5. The van der Waals surface area contributed by atoms with Crippen molar-refractivity contribution < 1.29 is 45.4 Å². The summed E-state index contributed by atoms with van der Waals surface area (Å²) in [6.45, 7) is 1.42. The summed E-state index contributed by atoms with van der Waals surface area (Å²) in [6.07, 6.45) is -9.40. The second-order valence-electron chi connectivity index (χ2n) is 9.66. The van der Waals surface area contributed by atoms with E-state index in [0.29, 0.717) is 37.8 Å². The smallest absolute Gasteiger partial charge is 0.393 e. The number of hydrogen-bond donors (Lipinski definition) is 0. The molecule has 2 fully saturated rings. The van der Waals surface area contributed by atoms with Crippen molar-refractivity contribution in [2.75, 3.05) is 6.61 Å². The van der Waals surface area contributed by atoms with Crippen LogP contribution in [0.1, 0.15) is 74.8 Å². The second-order valence-corrected chi connectivity index (χ2v) is 9.66. The topological polar surface area (TPSA) is 52.6 Å². The number of ether oxygens (including phenoxy) is 2. The van der Waals surface area contributed by atoms with Crippen molar-refractivity contribution in [3.05, 3.63) is 70.8 Å². The number of hydrogen-bond acceptors (Lipinski definition) is 4. The quantitative estimate of drug-likeness (QED) is 0.230. The zero-order valence-corrected chi connectivity index (χ0v) is 19.3. The van der Waals surface area contributed by atoms with E-state index in [1.54, 1.807) is 0 Å². The number of halogens is 6. The van der Waals surface area contributed by atoms with Crippen LogP contribution in [0.15, 0.2) is 48.5 Å². The maximum Gasteiger partial charge on any atom is 0.416 e. The number of alkyl halides is 6. The van der Waals surface area contributed by atoms with Gasteiger partial charge in [0, 0.05) is 5.41 Å². The Morgan fingerprint density at radius 2 is 1.43 bits per heavy atom. The Kier molecular flexibility index (Phi) is 7.84. The lowest BCUT2D eigenvalue weighted by atomic mass is 9.61. The highest BCUT2D eigenvalue weighted by atomic mass is 19.4. The average molecular weight is 531 g/mol. The van der Waals surface area contributed by atoms with Crippen LogP contribution in [-0.2, 0) is 36.8 Å². The first-order valence-corrected chi connectivity index (χ1v) is 11.5. The fourth-order valence-electron chi connectivity index (χ4n) is 5.09. The van der Waals surface area contributed by atoms with Crippen LogP contribution in [0.2, 0.25) is 0 Å². The molecule has 0 bridgehead atoms. The molecule has 1 aliphatic heterocycles. The molecule has 1 aliphatic carbocycles. The molecule has 2 aliphatic rings. The number of esters is 2. The van der Waals surface area contributed by atoms with Gasteiger partial charge < -0.3 is 9.47 Å². The van der Waals surface area contributed by atoms with E-state index >= 15 is 0 Å². The molecule has 0 aromatic heterocycles. The van der Waals surface area contributed by atoms with Gasteiger partial charge in [0.25, 0.3) is 0 Å². The molecule has 2 aromatic carbocycles. The van der Waals surface area contributed by atoms with Crippen LogP contribution >= 0.6 is 0 Å². The van der Waals surface area contributed by atoms with Crippen molar-refractivity contribution in [3.63, 3.8) is 0 Å². The van der Waals surface area contributed by atoms with E-state index in [0.717, 1.165) is 5.56 Å². The van der Waals surface area contributed by atoms with E-state index in [1.165, 1.54) is 6.92 Å². The van der Waals surface area contributed by atoms with Gasteiger partial charge in [0.15, 0.2) is 0 Å². The fraction of sp³-hybridized carbons (Fsp3) is 0.481. The average Bonchev–Trinajstić information content (AvgIpc) is 3.10. The number of carbonyl (C=O) groups excluding carboxylic acids is 2. The molecule has 0 amide bonds. The molecule has 4 rings (SSSR count). The normalized spacial score (nSPS) is 25.1. The molecule has 1 saturated heterocycles. The Morgan fingerprint density at radius 1 is 0.892 bits per heavy atom. The van der Waals surface area contributed by atoms with E-state index in [9.17, 15) is 35.9 Å². The molecular weight excluding hydrogens is 502 g/mol. The molecular formula is C27H28F6O4. The first kappa shape index (κ1) is 28.7. The summed E-state index contributed by atoms with van der Waals surface area (Å²) in [7, 11) is 0. The first-order chi connectivity index (χ1) is 16.7. The summed E-state index contributed by atoms with van der Waals surface area (Å²) in [5.41, 5.74) is -3.69. The van der Waals surface area contributed by atoms with Gasteiger partial charge in [0.1, 0.15) is 0 Å². The Morgan fingerprint density at radius 3 is 1.89 bits per heavy atom. The van der Waals surface area contributed by atoms with Crippen LogP contribution in [0.4, 0.5) is 26.3 Å². The zero-order chi connectivity index (χ0) is 26.4. The van der Waals surface area contributed by atoms with Crippen molar-refractivity contribution in [2.24, 2.45) is 5.41 Å². The summed E-state index contributed by atoms with van der Waals surface area (Å²) in [4.78, 5) is 24.0. The third-order valence-corrected chi connectivity index (χ3v) is 7.36. The molecule has 0 N–H and O–H groups in total. The van der Waals surface area contributed by atoms with Crippen molar-refractivity contribution in [2.45, 2.75) is 70.3 Å². The Balaban J connectivity index is 0.00000380. The van der Waals surface area contributed by atoms with Gasteiger partial charge in [-0.05, 0) is 61.9 Å². The number of rotatable bonds is 5. The number of carbonyl (C=O) groups is 2. The summed E-state index contributed by atoms with van der Waals surface area (Å²) >= 11 is 0. The Labute approximate surface area is 211 Å². The maximum atomic E-state index is 13.3.